The van der Waals surface area contributed by atoms with Gasteiger partial charge in [0.2, 0.25) is 11.8 Å². The quantitative estimate of drug-likeness (QED) is 0.318. The number of rotatable bonds is 13. The zero-order valence-electron chi connectivity index (χ0n) is 20.8. The predicted molar refractivity (Wildman–Crippen MR) is 137 cm³/mol. The van der Waals surface area contributed by atoms with Crippen molar-refractivity contribution in [1.82, 2.24) is 15.6 Å². The molecule has 0 spiro atoms. The standard InChI is InChI=1S/C28H35N3O4/c1-19(32)10-6-4-9-13-26(28(34)29-18-21-11-7-5-8-12-21)31-27(33)17-23-20(2)30-25-15-14-22(35-3)16-24(23)25/h5,7-8,11-12,14-16,26,30H,4,6,9-10,13,17-18H2,1-3H3,(H,29,34)(H,31,33)/t26-/m0/s1. The highest BCUT2D eigenvalue weighted by Crippen LogP contribution is 2.26. The number of fused-ring (bicyclic) bond motifs is 1. The number of hydrogen-bond acceptors (Lipinski definition) is 4. The van der Waals surface area contributed by atoms with Crippen LogP contribution in [-0.2, 0) is 27.3 Å². The molecule has 1 atom stereocenters. The topological polar surface area (TPSA) is 100 Å². The van der Waals surface area contributed by atoms with E-state index in [1.165, 1.54) is 0 Å². The number of carbonyl (C=O) groups is 3. The van der Waals surface area contributed by atoms with E-state index in [1.807, 2.05) is 55.5 Å². The van der Waals surface area contributed by atoms with Gasteiger partial charge in [0.05, 0.1) is 13.5 Å². The summed E-state index contributed by atoms with van der Waals surface area (Å²) in [5, 5.41) is 6.83. The number of carbonyl (C=O) groups excluding carboxylic acids is 3. The van der Waals surface area contributed by atoms with Crippen molar-refractivity contribution >= 4 is 28.5 Å². The Morgan fingerprint density at radius 1 is 1.03 bits per heavy atom. The molecule has 2 amide bonds. The average Bonchev–Trinajstić information content (AvgIpc) is 3.15. The average molecular weight is 478 g/mol. The van der Waals surface area contributed by atoms with Crippen LogP contribution in [0, 0.1) is 6.92 Å². The molecule has 0 bridgehead atoms. The first-order chi connectivity index (χ1) is 16.9. The molecule has 7 heteroatoms. The van der Waals surface area contributed by atoms with Gasteiger partial charge < -0.3 is 25.1 Å². The summed E-state index contributed by atoms with van der Waals surface area (Å²) >= 11 is 0. The van der Waals surface area contributed by atoms with Gasteiger partial charge in [-0.2, -0.15) is 0 Å². The Kier molecular flexibility index (Phi) is 9.47. The van der Waals surface area contributed by atoms with Crippen LogP contribution in [0.4, 0.5) is 0 Å². The summed E-state index contributed by atoms with van der Waals surface area (Å²) in [6.45, 7) is 3.92. The van der Waals surface area contributed by atoms with E-state index in [9.17, 15) is 14.4 Å². The number of ketones is 1. The number of amides is 2. The fourth-order valence-corrected chi connectivity index (χ4v) is 4.20. The monoisotopic (exact) mass is 477 g/mol. The van der Waals surface area contributed by atoms with Crippen molar-refractivity contribution in [1.29, 1.82) is 0 Å². The van der Waals surface area contributed by atoms with Crippen LogP contribution < -0.4 is 15.4 Å². The summed E-state index contributed by atoms with van der Waals surface area (Å²) in [7, 11) is 1.61. The molecule has 3 rings (SSSR count). The third-order valence-electron chi connectivity index (χ3n) is 6.15. The van der Waals surface area contributed by atoms with Gasteiger partial charge in [-0.3, -0.25) is 9.59 Å². The molecule has 0 saturated heterocycles. The largest absolute Gasteiger partial charge is 0.497 e. The molecule has 1 aromatic heterocycles. The molecule has 7 nitrogen and oxygen atoms in total. The number of ether oxygens (including phenoxy) is 1. The van der Waals surface area contributed by atoms with Crippen molar-refractivity contribution in [3.63, 3.8) is 0 Å². The van der Waals surface area contributed by atoms with Gasteiger partial charge in [-0.25, -0.2) is 0 Å². The van der Waals surface area contributed by atoms with Gasteiger partial charge in [0, 0.05) is 29.6 Å². The van der Waals surface area contributed by atoms with Gasteiger partial charge in [-0.1, -0.05) is 43.2 Å². The third-order valence-corrected chi connectivity index (χ3v) is 6.15. The second-order valence-corrected chi connectivity index (χ2v) is 8.94. The Bertz CT molecular complexity index is 1150. The lowest BCUT2D eigenvalue weighted by Crippen LogP contribution is -2.47. The smallest absolute Gasteiger partial charge is 0.242 e. The van der Waals surface area contributed by atoms with Crippen LogP contribution in [0.3, 0.4) is 0 Å². The first-order valence-corrected chi connectivity index (χ1v) is 12.1. The minimum absolute atomic E-state index is 0.159. The van der Waals surface area contributed by atoms with E-state index in [1.54, 1.807) is 14.0 Å². The maximum Gasteiger partial charge on any atom is 0.242 e. The number of hydrogen-bond donors (Lipinski definition) is 3. The zero-order chi connectivity index (χ0) is 25.2. The Morgan fingerprint density at radius 3 is 2.51 bits per heavy atom. The van der Waals surface area contributed by atoms with Crippen LogP contribution in [-0.4, -0.2) is 35.7 Å². The van der Waals surface area contributed by atoms with Gasteiger partial charge in [0.1, 0.15) is 17.6 Å². The number of H-pyrrole nitrogens is 1. The Balaban J connectivity index is 1.66. The highest BCUT2D eigenvalue weighted by atomic mass is 16.5. The number of aromatic nitrogens is 1. The van der Waals surface area contributed by atoms with Crippen LogP contribution in [0.25, 0.3) is 10.9 Å². The second-order valence-electron chi connectivity index (χ2n) is 8.94. The molecule has 0 aliphatic rings. The molecule has 1 heterocycles. The number of Topliss-reactive ketones (excluding diaryl/α,β-unsaturated/α-hetero) is 1. The minimum Gasteiger partial charge on any atom is -0.497 e. The number of nitrogens with one attached hydrogen (secondary N) is 3. The lowest BCUT2D eigenvalue weighted by Gasteiger charge is -2.19. The molecule has 3 N–H and O–H groups in total. The molecule has 35 heavy (non-hydrogen) atoms. The second kappa shape index (κ2) is 12.7. The van der Waals surface area contributed by atoms with E-state index < -0.39 is 6.04 Å². The Hall–Kier alpha value is -3.61. The summed E-state index contributed by atoms with van der Waals surface area (Å²) in [4.78, 5) is 40.5. The van der Waals surface area contributed by atoms with Crippen molar-refractivity contribution in [3.8, 4) is 5.75 Å². The molecule has 0 fully saturated rings. The fraction of sp³-hybridized carbons (Fsp3) is 0.393. The molecular weight excluding hydrogens is 442 g/mol. The van der Waals surface area contributed by atoms with Gasteiger partial charge in [0.25, 0.3) is 0 Å². The number of benzene rings is 2. The zero-order valence-corrected chi connectivity index (χ0v) is 20.8. The summed E-state index contributed by atoms with van der Waals surface area (Å²) < 4.78 is 5.34. The summed E-state index contributed by atoms with van der Waals surface area (Å²) in [5.74, 6) is 0.481. The lowest BCUT2D eigenvalue weighted by atomic mass is 10.0. The first kappa shape index (κ1) is 26.0. The van der Waals surface area contributed by atoms with Crippen molar-refractivity contribution in [2.24, 2.45) is 0 Å². The molecule has 0 saturated carbocycles. The Morgan fingerprint density at radius 2 is 1.80 bits per heavy atom. The number of aryl methyl sites for hydroxylation is 1. The van der Waals surface area contributed by atoms with E-state index in [2.05, 4.69) is 15.6 Å². The lowest BCUT2D eigenvalue weighted by molar-refractivity contribution is -0.129. The van der Waals surface area contributed by atoms with Gasteiger partial charge in [-0.15, -0.1) is 0 Å². The molecule has 0 aliphatic heterocycles. The fourth-order valence-electron chi connectivity index (χ4n) is 4.20. The van der Waals surface area contributed by atoms with Crippen molar-refractivity contribution in [3.05, 3.63) is 65.4 Å². The molecule has 0 radical (unpaired) electrons. The molecule has 186 valence electrons. The summed E-state index contributed by atoms with van der Waals surface area (Å²) in [5.41, 5.74) is 3.74. The van der Waals surface area contributed by atoms with Crippen LogP contribution >= 0.6 is 0 Å². The van der Waals surface area contributed by atoms with Crippen LogP contribution in [0.2, 0.25) is 0 Å². The minimum atomic E-state index is -0.636. The van der Waals surface area contributed by atoms with Gasteiger partial charge >= 0.3 is 0 Å². The number of aromatic amines is 1. The van der Waals surface area contributed by atoms with Crippen LogP contribution in [0.1, 0.15) is 55.8 Å². The van der Waals surface area contributed by atoms with Crippen LogP contribution in [0.5, 0.6) is 5.75 Å². The highest BCUT2D eigenvalue weighted by molar-refractivity contribution is 5.93. The Labute approximate surface area is 206 Å². The normalized spacial score (nSPS) is 11.7. The first-order valence-electron chi connectivity index (χ1n) is 12.1. The molecule has 3 aromatic rings. The van der Waals surface area contributed by atoms with E-state index in [0.717, 1.165) is 52.7 Å². The SMILES string of the molecule is COc1ccc2[nH]c(C)c(CC(=O)N[C@@H](CCCCCC(C)=O)C(=O)NCc3ccccc3)c2c1. The van der Waals surface area contributed by atoms with E-state index in [4.69, 9.17) is 4.74 Å². The van der Waals surface area contributed by atoms with Crippen molar-refractivity contribution < 1.29 is 19.1 Å². The summed E-state index contributed by atoms with van der Waals surface area (Å²) in [6, 6.07) is 14.8. The van der Waals surface area contributed by atoms with E-state index >= 15 is 0 Å². The van der Waals surface area contributed by atoms with E-state index in [-0.39, 0.29) is 24.0 Å². The molecule has 0 unspecified atom stereocenters. The van der Waals surface area contributed by atoms with Gasteiger partial charge in [0.15, 0.2) is 0 Å². The predicted octanol–water partition coefficient (Wildman–Crippen LogP) is 4.37. The van der Waals surface area contributed by atoms with Crippen LogP contribution in [0.15, 0.2) is 48.5 Å². The molecule has 2 aromatic carbocycles. The van der Waals surface area contributed by atoms with E-state index in [0.29, 0.717) is 19.4 Å². The molecule has 0 aliphatic carbocycles. The number of unbranched alkanes of at least 4 members (excludes halogenated alkanes) is 2. The number of methoxy groups -OCH3 is 1. The maximum atomic E-state index is 13.0. The van der Waals surface area contributed by atoms with Crippen molar-refractivity contribution in [2.45, 2.75) is 65.0 Å². The highest BCUT2D eigenvalue weighted by Gasteiger charge is 2.22. The van der Waals surface area contributed by atoms with Gasteiger partial charge in [-0.05, 0) is 56.0 Å². The summed E-state index contributed by atoms with van der Waals surface area (Å²) in [6.07, 6.45) is 3.59. The molecular formula is C28H35N3O4. The maximum absolute atomic E-state index is 13.0. The van der Waals surface area contributed by atoms with Crippen molar-refractivity contribution in [2.75, 3.05) is 7.11 Å². The third kappa shape index (κ3) is 7.70.